The normalized spacial score (nSPS) is 19.9. The van der Waals surface area contributed by atoms with Gasteiger partial charge in [-0.2, -0.15) is 0 Å². The van der Waals surface area contributed by atoms with Crippen LogP contribution in [0.1, 0.15) is 39.1 Å². The van der Waals surface area contributed by atoms with Crippen LogP contribution in [0.25, 0.3) is 0 Å². The summed E-state index contributed by atoms with van der Waals surface area (Å²) >= 11 is 6.14. The first-order valence-electron chi connectivity index (χ1n) is 9.68. The topological polar surface area (TPSA) is 18.5 Å². The van der Waals surface area contributed by atoms with E-state index in [1.54, 1.807) is 0 Å². The van der Waals surface area contributed by atoms with Crippen molar-refractivity contribution < 1.29 is 9.31 Å². The van der Waals surface area contributed by atoms with Crippen LogP contribution in [0.15, 0.2) is 54.6 Å². The quantitative estimate of drug-likeness (QED) is 0.602. The fraction of sp³-hybridized carbons (Fsp3) is 0.455. The van der Waals surface area contributed by atoms with E-state index in [-0.39, 0.29) is 24.1 Å². The summed E-state index contributed by atoms with van der Waals surface area (Å²) < 4.78 is 12.9. The van der Waals surface area contributed by atoms with Gasteiger partial charge in [0.25, 0.3) is 0 Å². The maximum Gasteiger partial charge on any atom is 0.465 e. The predicted molar refractivity (Wildman–Crippen MR) is 119 cm³/mol. The van der Waals surface area contributed by atoms with E-state index in [9.17, 15) is 0 Å². The molecule has 2 nitrogen and oxygen atoms in total. The van der Waals surface area contributed by atoms with E-state index in [2.05, 4.69) is 83.3 Å². The van der Waals surface area contributed by atoms with E-state index in [1.165, 1.54) is 10.8 Å². The highest BCUT2D eigenvalue weighted by atomic mass is 35.5. The summed E-state index contributed by atoms with van der Waals surface area (Å²) in [7, 11) is -1.95. The SMILES string of the molecule is CC1(C)OB(C(C[Si](C)(C)c2ccccc2)c2ccc(Cl)cc2)OC1(C)C. The molecule has 0 radical (unpaired) electrons. The van der Waals surface area contributed by atoms with Crippen molar-refractivity contribution in [2.45, 2.75) is 63.9 Å². The van der Waals surface area contributed by atoms with Crippen molar-refractivity contribution in [3.8, 4) is 0 Å². The molecule has 1 aliphatic heterocycles. The van der Waals surface area contributed by atoms with Gasteiger partial charge in [-0.1, -0.05) is 72.3 Å². The Balaban J connectivity index is 1.95. The van der Waals surface area contributed by atoms with Crippen LogP contribution in [0.5, 0.6) is 0 Å². The van der Waals surface area contributed by atoms with E-state index < -0.39 is 8.07 Å². The van der Waals surface area contributed by atoms with Gasteiger partial charge in [0.1, 0.15) is 0 Å². The zero-order valence-corrected chi connectivity index (χ0v) is 19.0. The summed E-state index contributed by atoms with van der Waals surface area (Å²) in [6.07, 6.45) is 0. The van der Waals surface area contributed by atoms with Crippen molar-refractivity contribution in [2.24, 2.45) is 0 Å². The molecule has 1 atom stereocenters. The van der Waals surface area contributed by atoms with Crippen molar-refractivity contribution in [1.82, 2.24) is 0 Å². The van der Waals surface area contributed by atoms with Crippen LogP contribution < -0.4 is 5.19 Å². The molecule has 5 heteroatoms. The summed E-state index contributed by atoms with van der Waals surface area (Å²) in [5.74, 6) is 0.171. The first-order valence-corrected chi connectivity index (χ1v) is 13.3. The van der Waals surface area contributed by atoms with Gasteiger partial charge in [-0.25, -0.2) is 0 Å². The van der Waals surface area contributed by atoms with Gasteiger partial charge in [0.15, 0.2) is 0 Å². The van der Waals surface area contributed by atoms with E-state index in [1.807, 2.05) is 12.1 Å². The van der Waals surface area contributed by atoms with Gasteiger partial charge in [-0.3, -0.25) is 0 Å². The molecular weight excluding hydrogens is 371 g/mol. The van der Waals surface area contributed by atoms with E-state index in [4.69, 9.17) is 20.9 Å². The van der Waals surface area contributed by atoms with E-state index in [0.29, 0.717) is 0 Å². The molecule has 0 aliphatic carbocycles. The number of benzene rings is 2. The Morgan fingerprint density at radius 2 is 1.41 bits per heavy atom. The van der Waals surface area contributed by atoms with Crippen LogP contribution in [0.2, 0.25) is 24.2 Å². The Morgan fingerprint density at radius 3 is 1.93 bits per heavy atom. The zero-order valence-electron chi connectivity index (χ0n) is 17.3. The van der Waals surface area contributed by atoms with Crippen molar-refractivity contribution in [1.29, 1.82) is 0 Å². The second-order valence-corrected chi connectivity index (χ2v) is 14.4. The van der Waals surface area contributed by atoms with Crippen molar-refractivity contribution in [2.75, 3.05) is 0 Å². The molecule has 0 saturated carbocycles. The molecule has 27 heavy (non-hydrogen) atoms. The van der Waals surface area contributed by atoms with Crippen LogP contribution in [0.3, 0.4) is 0 Å². The molecule has 3 rings (SSSR count). The van der Waals surface area contributed by atoms with Gasteiger partial charge in [-0.05, 0) is 51.4 Å². The van der Waals surface area contributed by atoms with Gasteiger partial charge >= 0.3 is 7.12 Å². The molecule has 0 amide bonds. The highest BCUT2D eigenvalue weighted by Crippen LogP contribution is 2.43. The van der Waals surface area contributed by atoms with Crippen LogP contribution in [-0.4, -0.2) is 26.4 Å². The van der Waals surface area contributed by atoms with Gasteiger partial charge in [-0.15, -0.1) is 0 Å². The maximum absolute atomic E-state index is 6.46. The second-order valence-electron chi connectivity index (χ2n) is 9.24. The summed E-state index contributed by atoms with van der Waals surface area (Å²) in [5, 5.41) is 2.21. The molecule has 2 aromatic rings. The lowest BCUT2D eigenvalue weighted by Gasteiger charge is -2.32. The summed E-state index contributed by atoms with van der Waals surface area (Å²) in [6, 6.07) is 20.1. The molecule has 1 fully saturated rings. The third kappa shape index (κ3) is 4.34. The highest BCUT2D eigenvalue weighted by molar-refractivity contribution is 6.90. The minimum Gasteiger partial charge on any atom is -0.403 e. The van der Waals surface area contributed by atoms with Gasteiger partial charge in [0.2, 0.25) is 0 Å². The smallest absolute Gasteiger partial charge is 0.403 e. The van der Waals surface area contributed by atoms with Crippen LogP contribution in [0, 0.1) is 0 Å². The second kappa shape index (κ2) is 7.40. The molecule has 1 aliphatic rings. The third-order valence-electron chi connectivity index (χ3n) is 6.18. The van der Waals surface area contributed by atoms with Gasteiger partial charge < -0.3 is 9.31 Å². The molecule has 0 bridgehead atoms. The van der Waals surface area contributed by atoms with E-state index in [0.717, 1.165) is 11.1 Å². The van der Waals surface area contributed by atoms with Crippen LogP contribution in [-0.2, 0) is 9.31 Å². The lowest BCUT2D eigenvalue weighted by molar-refractivity contribution is 0.00578. The summed E-state index contributed by atoms with van der Waals surface area (Å²) in [5.41, 5.74) is 0.566. The summed E-state index contributed by atoms with van der Waals surface area (Å²) in [6.45, 7) is 13.3. The number of hydrogen-bond donors (Lipinski definition) is 0. The van der Waals surface area contributed by atoms with Crippen molar-refractivity contribution in [3.05, 3.63) is 65.2 Å². The molecule has 0 N–H and O–H groups in total. The fourth-order valence-corrected chi connectivity index (χ4v) is 6.68. The number of hydrogen-bond acceptors (Lipinski definition) is 2. The van der Waals surface area contributed by atoms with Crippen LogP contribution in [0.4, 0.5) is 0 Å². The number of halogens is 1. The van der Waals surface area contributed by atoms with Gasteiger partial charge in [0, 0.05) is 10.8 Å². The monoisotopic (exact) mass is 400 g/mol. The molecule has 1 saturated heterocycles. The molecule has 1 heterocycles. The molecule has 144 valence electrons. The highest BCUT2D eigenvalue weighted by Gasteiger charge is 2.54. The molecule has 0 spiro atoms. The Kier molecular flexibility index (Phi) is 5.66. The fourth-order valence-electron chi connectivity index (χ4n) is 3.69. The minimum atomic E-state index is -1.69. The molecule has 2 aromatic carbocycles. The van der Waals surface area contributed by atoms with Crippen LogP contribution >= 0.6 is 11.6 Å². The standard InChI is InChI=1S/C22H30BClO2Si/c1-21(2)22(3,4)26-23(25-21)20(17-12-14-18(24)15-13-17)16-27(5,6)19-10-8-7-9-11-19/h7-15,20H,16H2,1-6H3. The minimum absolute atomic E-state index is 0.171. The largest absolute Gasteiger partial charge is 0.465 e. The average molecular weight is 401 g/mol. The number of rotatable bonds is 5. The first-order chi connectivity index (χ1) is 12.5. The van der Waals surface area contributed by atoms with Crippen molar-refractivity contribution >= 4 is 32.0 Å². The van der Waals surface area contributed by atoms with Gasteiger partial charge in [0.05, 0.1) is 19.3 Å². The molecule has 0 aromatic heterocycles. The Bertz CT molecular complexity index is 759. The molecular formula is C22H30BClO2Si. The predicted octanol–water partition coefficient (Wildman–Crippen LogP) is 5.67. The Hall–Kier alpha value is -1.07. The lowest BCUT2D eigenvalue weighted by atomic mass is 9.69. The Labute approximate surface area is 170 Å². The first kappa shape index (κ1) is 20.7. The average Bonchev–Trinajstić information content (AvgIpc) is 2.82. The molecule has 1 unspecified atom stereocenters. The summed E-state index contributed by atoms with van der Waals surface area (Å²) in [4.78, 5) is 0. The lowest BCUT2D eigenvalue weighted by Crippen LogP contribution is -2.45. The van der Waals surface area contributed by atoms with Crippen molar-refractivity contribution in [3.63, 3.8) is 0 Å². The maximum atomic E-state index is 6.46. The van der Waals surface area contributed by atoms with E-state index >= 15 is 0 Å². The third-order valence-corrected chi connectivity index (χ3v) is 9.79. The zero-order chi connectivity index (χ0) is 19.9. The Morgan fingerprint density at radius 1 is 0.889 bits per heavy atom.